The number of hydrogen-bond donors (Lipinski definition) is 1. The fourth-order valence-corrected chi connectivity index (χ4v) is 2.22. The number of alkyl halides is 3. The van der Waals surface area contributed by atoms with Gasteiger partial charge >= 0.3 is 17.6 Å². The predicted molar refractivity (Wildman–Crippen MR) is 87.7 cm³/mol. The molecule has 148 valence electrons. The first kappa shape index (κ1) is 20.3. The summed E-state index contributed by atoms with van der Waals surface area (Å²) in [6, 6.07) is 3.14. The summed E-state index contributed by atoms with van der Waals surface area (Å²) in [7, 11) is 1.08. The van der Waals surface area contributed by atoms with Crippen LogP contribution in [0.1, 0.15) is 5.56 Å². The van der Waals surface area contributed by atoms with E-state index in [0.717, 1.165) is 13.2 Å². The van der Waals surface area contributed by atoms with Gasteiger partial charge < -0.3 is 10.1 Å². The second-order valence-corrected chi connectivity index (χ2v) is 5.20. The van der Waals surface area contributed by atoms with Crippen LogP contribution in [0.25, 0.3) is 0 Å². The molecule has 0 saturated heterocycles. The lowest BCUT2D eigenvalue weighted by Gasteiger charge is -2.13. The van der Waals surface area contributed by atoms with Gasteiger partial charge in [-0.15, -0.1) is 0 Å². The van der Waals surface area contributed by atoms with Crippen molar-refractivity contribution in [3.63, 3.8) is 0 Å². The lowest BCUT2D eigenvalue weighted by molar-refractivity contribution is -0.401. The third kappa shape index (κ3) is 4.22. The van der Waals surface area contributed by atoms with Crippen molar-refractivity contribution in [2.45, 2.75) is 6.18 Å². The zero-order valence-electron chi connectivity index (χ0n) is 13.7. The van der Waals surface area contributed by atoms with Crippen LogP contribution in [0, 0.1) is 30.3 Å². The van der Waals surface area contributed by atoms with E-state index < -0.39 is 54.9 Å². The first-order valence-corrected chi connectivity index (χ1v) is 7.08. The van der Waals surface area contributed by atoms with E-state index in [2.05, 4.69) is 5.32 Å². The third-order valence-corrected chi connectivity index (χ3v) is 3.42. The van der Waals surface area contributed by atoms with Crippen LogP contribution >= 0.6 is 0 Å². The molecule has 0 aliphatic rings. The van der Waals surface area contributed by atoms with Crippen molar-refractivity contribution in [1.82, 2.24) is 0 Å². The number of rotatable bonds is 6. The van der Waals surface area contributed by atoms with Crippen LogP contribution in [0.15, 0.2) is 30.3 Å². The monoisotopic (exact) mass is 402 g/mol. The van der Waals surface area contributed by atoms with Crippen LogP contribution in [-0.4, -0.2) is 21.9 Å². The first-order valence-electron chi connectivity index (χ1n) is 7.08. The third-order valence-electron chi connectivity index (χ3n) is 3.42. The second kappa shape index (κ2) is 7.34. The number of methoxy groups -OCH3 is 1. The molecule has 0 aliphatic heterocycles. The van der Waals surface area contributed by atoms with E-state index in [-0.39, 0.29) is 5.75 Å². The average molecular weight is 402 g/mol. The lowest BCUT2D eigenvalue weighted by atomic mass is 10.1. The smallest absolute Gasteiger partial charge is 0.416 e. The molecule has 0 bridgehead atoms. The average Bonchev–Trinajstić information content (AvgIpc) is 2.59. The molecule has 0 unspecified atom stereocenters. The highest BCUT2D eigenvalue weighted by atomic mass is 19.4. The Morgan fingerprint density at radius 1 is 0.893 bits per heavy atom. The summed E-state index contributed by atoms with van der Waals surface area (Å²) in [5, 5.41) is 35.5. The van der Waals surface area contributed by atoms with Crippen molar-refractivity contribution in [1.29, 1.82) is 0 Å². The summed E-state index contributed by atoms with van der Waals surface area (Å²) < 4.78 is 43.8. The molecule has 2 aromatic rings. The van der Waals surface area contributed by atoms with Gasteiger partial charge in [-0.25, -0.2) is 0 Å². The minimum absolute atomic E-state index is 0.274. The van der Waals surface area contributed by atoms with Crippen molar-refractivity contribution in [3.05, 3.63) is 66.2 Å². The van der Waals surface area contributed by atoms with Crippen molar-refractivity contribution >= 4 is 28.4 Å². The summed E-state index contributed by atoms with van der Waals surface area (Å²) >= 11 is 0. The van der Waals surface area contributed by atoms with E-state index in [0.29, 0.717) is 24.3 Å². The highest BCUT2D eigenvalue weighted by Gasteiger charge is 2.33. The number of nitrogens with one attached hydrogen (secondary N) is 1. The Labute approximate surface area is 152 Å². The molecule has 11 nitrogen and oxygen atoms in total. The quantitative estimate of drug-likeness (QED) is 0.558. The second-order valence-electron chi connectivity index (χ2n) is 5.20. The minimum Gasteiger partial charge on any atom is -0.497 e. The van der Waals surface area contributed by atoms with Crippen molar-refractivity contribution in [2.75, 3.05) is 12.4 Å². The fraction of sp³-hybridized carbons (Fsp3) is 0.143. The molecule has 0 fully saturated rings. The zero-order valence-corrected chi connectivity index (χ0v) is 13.7. The van der Waals surface area contributed by atoms with Crippen LogP contribution in [-0.2, 0) is 6.18 Å². The Hall–Kier alpha value is -3.97. The van der Waals surface area contributed by atoms with E-state index in [9.17, 15) is 43.5 Å². The normalized spacial score (nSPS) is 11.0. The Morgan fingerprint density at radius 2 is 1.43 bits per heavy atom. The first-order chi connectivity index (χ1) is 12.9. The van der Waals surface area contributed by atoms with Gasteiger partial charge in [0.25, 0.3) is 5.69 Å². The van der Waals surface area contributed by atoms with Gasteiger partial charge in [0.2, 0.25) is 0 Å². The van der Waals surface area contributed by atoms with Gasteiger partial charge in [-0.1, -0.05) is 0 Å². The fourth-order valence-electron chi connectivity index (χ4n) is 2.22. The molecule has 14 heteroatoms. The number of nitro groups is 3. The zero-order chi connectivity index (χ0) is 21.2. The number of non-ortho nitro benzene ring substituents is 1. The number of halogens is 3. The molecule has 1 N–H and O–H groups in total. The maximum absolute atomic E-state index is 13.0. The summed E-state index contributed by atoms with van der Waals surface area (Å²) in [4.78, 5) is 30.0. The molecule has 0 radical (unpaired) electrons. The Bertz CT molecular complexity index is 943. The molecule has 28 heavy (non-hydrogen) atoms. The standard InChI is InChI=1S/C14H9F3N4O7/c1-28-10-3-7(14(15,16)17)2-8(4-10)18-13-11(20(24)25)5-9(19(22)23)6-12(13)21(26)27/h2-6,18H,1H3. The van der Waals surface area contributed by atoms with E-state index in [1.165, 1.54) is 0 Å². The number of nitro benzene ring substituents is 3. The lowest BCUT2D eigenvalue weighted by Crippen LogP contribution is -2.07. The molecule has 0 atom stereocenters. The molecule has 2 rings (SSSR count). The number of benzene rings is 2. The van der Waals surface area contributed by atoms with Gasteiger partial charge in [-0.05, 0) is 12.1 Å². The maximum atomic E-state index is 13.0. The summed E-state index contributed by atoms with van der Waals surface area (Å²) in [6.07, 6.45) is -4.79. The molecule has 0 aromatic heterocycles. The molecular formula is C14H9F3N4O7. The largest absolute Gasteiger partial charge is 0.497 e. The van der Waals surface area contributed by atoms with Gasteiger partial charge in [0.05, 0.1) is 39.6 Å². The van der Waals surface area contributed by atoms with Crippen LogP contribution in [0.4, 0.5) is 41.6 Å². The maximum Gasteiger partial charge on any atom is 0.416 e. The SMILES string of the molecule is COc1cc(Nc2c([N+](=O)[O-])cc([N+](=O)[O-])cc2[N+](=O)[O-])cc(C(F)(F)F)c1. The predicted octanol–water partition coefficient (Wildman–Crippen LogP) is 4.18. The minimum atomic E-state index is -4.79. The molecule has 0 spiro atoms. The van der Waals surface area contributed by atoms with Crippen LogP contribution in [0.3, 0.4) is 0 Å². The highest BCUT2D eigenvalue weighted by molar-refractivity contribution is 5.81. The van der Waals surface area contributed by atoms with Crippen molar-refractivity contribution < 1.29 is 32.7 Å². The van der Waals surface area contributed by atoms with Crippen LogP contribution in [0.2, 0.25) is 0 Å². The van der Waals surface area contributed by atoms with Crippen LogP contribution in [0.5, 0.6) is 5.75 Å². The summed E-state index contributed by atoms with van der Waals surface area (Å²) in [5.74, 6) is -0.274. The number of ether oxygens (including phenoxy) is 1. The Balaban J connectivity index is 2.70. The molecule has 2 aromatic carbocycles. The molecule has 0 heterocycles. The van der Waals surface area contributed by atoms with E-state index >= 15 is 0 Å². The van der Waals surface area contributed by atoms with Gasteiger partial charge in [0.15, 0.2) is 5.69 Å². The number of nitrogens with zero attached hydrogens (tertiary/aromatic N) is 3. The van der Waals surface area contributed by atoms with E-state index in [4.69, 9.17) is 4.74 Å². The molecule has 0 amide bonds. The van der Waals surface area contributed by atoms with Gasteiger partial charge in [0.1, 0.15) is 5.75 Å². The van der Waals surface area contributed by atoms with Crippen LogP contribution < -0.4 is 10.1 Å². The Morgan fingerprint density at radius 3 is 1.82 bits per heavy atom. The van der Waals surface area contributed by atoms with E-state index in [1.807, 2.05) is 0 Å². The van der Waals surface area contributed by atoms with Gasteiger partial charge in [0, 0.05) is 11.8 Å². The van der Waals surface area contributed by atoms with Crippen molar-refractivity contribution in [3.8, 4) is 5.75 Å². The summed E-state index contributed by atoms with van der Waals surface area (Å²) in [5.41, 5.74) is -5.45. The summed E-state index contributed by atoms with van der Waals surface area (Å²) in [6.45, 7) is 0. The number of hydrogen-bond acceptors (Lipinski definition) is 8. The molecular weight excluding hydrogens is 393 g/mol. The van der Waals surface area contributed by atoms with Gasteiger partial charge in [-0.2, -0.15) is 13.2 Å². The van der Waals surface area contributed by atoms with Crippen molar-refractivity contribution in [2.24, 2.45) is 0 Å². The highest BCUT2D eigenvalue weighted by Crippen LogP contribution is 2.41. The molecule has 0 saturated carbocycles. The van der Waals surface area contributed by atoms with E-state index in [1.54, 1.807) is 0 Å². The number of anilines is 2. The van der Waals surface area contributed by atoms with Gasteiger partial charge in [-0.3, -0.25) is 30.3 Å². The molecule has 0 aliphatic carbocycles. The topological polar surface area (TPSA) is 151 Å². The Kier molecular flexibility index (Phi) is 5.33.